The molecule has 0 aliphatic carbocycles. The summed E-state index contributed by atoms with van der Waals surface area (Å²) in [6.07, 6.45) is 0. The lowest BCUT2D eigenvalue weighted by molar-refractivity contribution is 0.125. The topological polar surface area (TPSA) is 47.9 Å². The molecule has 0 bridgehead atoms. The molecule has 0 spiro atoms. The van der Waals surface area contributed by atoms with Crippen molar-refractivity contribution < 1.29 is 19.3 Å². The fourth-order valence-electron chi connectivity index (χ4n) is 2.53. The van der Waals surface area contributed by atoms with Gasteiger partial charge in [0.1, 0.15) is 34.2 Å². The zero-order valence-corrected chi connectivity index (χ0v) is 19.7. The van der Waals surface area contributed by atoms with Gasteiger partial charge in [-0.1, -0.05) is 20.8 Å². The molecule has 0 saturated carbocycles. The van der Waals surface area contributed by atoms with Gasteiger partial charge in [-0.25, -0.2) is 0 Å². The Labute approximate surface area is 176 Å². The van der Waals surface area contributed by atoms with Gasteiger partial charge in [0, 0.05) is 5.56 Å². The van der Waals surface area contributed by atoms with E-state index in [0.29, 0.717) is 5.75 Å². The van der Waals surface area contributed by atoms with Crippen LogP contribution in [0.1, 0.15) is 67.9 Å². The predicted octanol–water partition coefficient (Wildman–Crippen LogP) is 6.74. The largest absolute Gasteiger partial charge is 0.508 e. The van der Waals surface area contributed by atoms with Crippen molar-refractivity contribution in [1.29, 1.82) is 0 Å². The smallest absolute Gasteiger partial charge is 0.120 e. The summed E-state index contributed by atoms with van der Waals surface area (Å²) in [7, 11) is 1.62. The molecule has 1 N–H and O–H groups in total. The minimum atomic E-state index is -0.160. The summed E-state index contributed by atoms with van der Waals surface area (Å²) in [5, 5.41) is 9.61. The van der Waals surface area contributed by atoms with E-state index in [2.05, 4.69) is 20.8 Å². The fourth-order valence-corrected chi connectivity index (χ4v) is 2.53. The highest BCUT2D eigenvalue weighted by Gasteiger charge is 2.18. The van der Waals surface area contributed by atoms with Crippen molar-refractivity contribution in [3.8, 4) is 23.0 Å². The third-order valence-corrected chi connectivity index (χ3v) is 3.68. The first-order chi connectivity index (χ1) is 13.1. The number of hydrogen-bond acceptors (Lipinski definition) is 4. The zero-order valence-electron chi connectivity index (χ0n) is 19.7. The minimum absolute atomic E-state index is 0.0569. The summed E-state index contributed by atoms with van der Waals surface area (Å²) in [5.41, 5.74) is 0.532. The maximum atomic E-state index is 9.61. The van der Waals surface area contributed by atoms with Gasteiger partial charge in [0.2, 0.25) is 0 Å². The molecule has 2 aromatic rings. The van der Waals surface area contributed by atoms with Gasteiger partial charge < -0.3 is 19.3 Å². The Morgan fingerprint density at radius 2 is 1.00 bits per heavy atom. The predicted molar refractivity (Wildman–Crippen MR) is 121 cm³/mol. The van der Waals surface area contributed by atoms with E-state index in [0.717, 1.165) is 22.8 Å². The van der Waals surface area contributed by atoms with E-state index < -0.39 is 0 Å². The van der Waals surface area contributed by atoms with Gasteiger partial charge in [-0.05, 0) is 89.4 Å². The first kappa shape index (κ1) is 24.7. The quantitative estimate of drug-likeness (QED) is 0.617. The van der Waals surface area contributed by atoms with E-state index in [1.54, 1.807) is 19.2 Å². The van der Waals surface area contributed by atoms with Crippen molar-refractivity contribution in [1.82, 2.24) is 0 Å². The molecule has 0 amide bonds. The van der Waals surface area contributed by atoms with Crippen molar-refractivity contribution in [3.63, 3.8) is 0 Å². The van der Waals surface area contributed by atoms with Gasteiger partial charge in [-0.15, -0.1) is 0 Å². The lowest BCUT2D eigenvalue weighted by Crippen LogP contribution is -2.23. The van der Waals surface area contributed by atoms with Crippen molar-refractivity contribution in [2.24, 2.45) is 0 Å². The molecule has 0 aromatic heterocycles. The second kappa shape index (κ2) is 9.43. The number of benzene rings is 2. The van der Waals surface area contributed by atoms with E-state index in [-0.39, 0.29) is 16.6 Å². The number of methoxy groups -OCH3 is 1. The molecule has 0 unspecified atom stereocenters. The second-order valence-corrected chi connectivity index (χ2v) is 10.0. The Hall–Kier alpha value is -2.36. The summed E-state index contributed by atoms with van der Waals surface area (Å²) in [6.45, 7) is 18.4. The van der Waals surface area contributed by atoms with Crippen molar-refractivity contribution in [2.75, 3.05) is 7.11 Å². The van der Waals surface area contributed by atoms with Crippen LogP contribution in [-0.2, 0) is 5.41 Å². The van der Waals surface area contributed by atoms with Gasteiger partial charge in [0.25, 0.3) is 0 Å². The Morgan fingerprint density at radius 1 is 0.621 bits per heavy atom. The average molecular weight is 403 g/mol. The number of phenols is 1. The number of hydrogen-bond donors (Lipinski definition) is 1. The first-order valence-corrected chi connectivity index (χ1v) is 9.96. The Kier molecular flexibility index (Phi) is 8.02. The summed E-state index contributed by atoms with van der Waals surface area (Å²) in [4.78, 5) is 0. The number of aromatic hydroxyl groups is 1. The van der Waals surface area contributed by atoms with E-state index >= 15 is 0 Å². The van der Waals surface area contributed by atoms with Crippen LogP contribution < -0.4 is 14.2 Å². The number of rotatable bonds is 3. The van der Waals surface area contributed by atoms with Crippen LogP contribution in [0.2, 0.25) is 0 Å². The van der Waals surface area contributed by atoms with Crippen LogP contribution >= 0.6 is 0 Å². The summed E-state index contributed by atoms with van der Waals surface area (Å²) in [6, 6.07) is 13.0. The second-order valence-electron chi connectivity index (χ2n) is 10.0. The highest BCUT2D eigenvalue weighted by molar-refractivity contribution is 5.43. The molecular weight excluding hydrogens is 364 g/mol. The molecule has 162 valence electrons. The molecule has 4 nitrogen and oxygen atoms in total. The van der Waals surface area contributed by atoms with Crippen LogP contribution in [0.4, 0.5) is 0 Å². The molecule has 0 aliphatic heterocycles. The highest BCUT2D eigenvalue weighted by atomic mass is 16.5. The lowest BCUT2D eigenvalue weighted by atomic mass is 9.86. The zero-order chi connectivity index (χ0) is 22.5. The highest BCUT2D eigenvalue weighted by Crippen LogP contribution is 2.33. The molecule has 2 aromatic carbocycles. The van der Waals surface area contributed by atoms with Crippen molar-refractivity contribution in [3.05, 3.63) is 48.0 Å². The minimum Gasteiger partial charge on any atom is -0.508 e. The first-order valence-electron chi connectivity index (χ1n) is 9.96. The van der Waals surface area contributed by atoms with Gasteiger partial charge in [-0.2, -0.15) is 0 Å². The van der Waals surface area contributed by atoms with Crippen molar-refractivity contribution in [2.45, 2.75) is 78.9 Å². The Morgan fingerprint density at radius 3 is 1.31 bits per heavy atom. The SMILES string of the molecule is CC(C)(C)Oc1ccc(OC(C)(C)C)cc1.COc1ccc(O)c(C(C)(C)C)c1. The fraction of sp³-hybridized carbons (Fsp3) is 0.520. The summed E-state index contributed by atoms with van der Waals surface area (Å²) >= 11 is 0. The van der Waals surface area contributed by atoms with E-state index in [9.17, 15) is 5.11 Å². The van der Waals surface area contributed by atoms with E-state index in [1.165, 1.54) is 0 Å². The van der Waals surface area contributed by atoms with Crippen molar-refractivity contribution >= 4 is 0 Å². The Balaban J connectivity index is 0.000000296. The molecule has 0 aliphatic rings. The maximum absolute atomic E-state index is 9.61. The van der Waals surface area contributed by atoms with E-state index in [4.69, 9.17) is 14.2 Å². The van der Waals surface area contributed by atoms with Gasteiger partial charge in [-0.3, -0.25) is 0 Å². The molecule has 0 radical (unpaired) electrons. The molecular formula is C25H38O4. The van der Waals surface area contributed by atoms with Gasteiger partial charge in [0.05, 0.1) is 7.11 Å². The monoisotopic (exact) mass is 402 g/mol. The molecule has 29 heavy (non-hydrogen) atoms. The van der Waals surface area contributed by atoms with Crippen LogP contribution in [-0.4, -0.2) is 23.4 Å². The van der Waals surface area contributed by atoms with Crippen LogP contribution in [0.3, 0.4) is 0 Å². The van der Waals surface area contributed by atoms with Gasteiger partial charge >= 0.3 is 0 Å². The van der Waals surface area contributed by atoms with Crippen LogP contribution in [0.5, 0.6) is 23.0 Å². The Bertz CT molecular complexity index is 722. The molecule has 2 rings (SSSR count). The standard InChI is InChI=1S/C14H22O2.C11H16O2/c1-13(2,3)15-11-7-9-12(10-8-11)16-14(4,5)6;1-11(2,3)9-7-8(13-4)5-6-10(9)12/h7-10H,1-6H3;5-7,12H,1-4H3. The third-order valence-electron chi connectivity index (χ3n) is 3.68. The van der Waals surface area contributed by atoms with Crippen LogP contribution in [0.15, 0.2) is 42.5 Å². The molecule has 0 saturated heterocycles. The number of phenolic OH excluding ortho intramolecular Hbond substituents is 1. The maximum Gasteiger partial charge on any atom is 0.120 e. The molecule has 0 heterocycles. The lowest BCUT2D eigenvalue weighted by Gasteiger charge is -2.23. The molecule has 4 heteroatoms. The third kappa shape index (κ3) is 9.60. The van der Waals surface area contributed by atoms with Crippen LogP contribution in [0.25, 0.3) is 0 Å². The number of ether oxygens (including phenoxy) is 3. The summed E-state index contributed by atoms with van der Waals surface area (Å²) in [5.74, 6) is 2.85. The normalized spacial score (nSPS) is 11.9. The van der Waals surface area contributed by atoms with Crippen LogP contribution in [0, 0.1) is 0 Å². The molecule has 0 fully saturated rings. The summed E-state index contributed by atoms with van der Waals surface area (Å²) < 4.78 is 16.6. The van der Waals surface area contributed by atoms with E-state index in [1.807, 2.05) is 71.9 Å². The molecule has 0 atom stereocenters. The van der Waals surface area contributed by atoms with Gasteiger partial charge in [0.15, 0.2) is 0 Å². The average Bonchev–Trinajstić information content (AvgIpc) is 2.54.